The van der Waals surface area contributed by atoms with E-state index in [2.05, 4.69) is 32.9 Å². The summed E-state index contributed by atoms with van der Waals surface area (Å²) in [6, 6.07) is 4.81. The summed E-state index contributed by atoms with van der Waals surface area (Å²) in [5, 5.41) is 11.5. The monoisotopic (exact) mass is 851 g/mol. The maximum Gasteiger partial charge on any atom is 0.121 e. The number of hydrogen-bond donors (Lipinski definition) is 1. The molecule has 0 spiro atoms. The zero-order valence-electron chi connectivity index (χ0n) is 42.7. The number of aryl methyl sites for hydroxylation is 3. The van der Waals surface area contributed by atoms with Gasteiger partial charge in [0.15, 0.2) is 0 Å². The van der Waals surface area contributed by atoms with Crippen LogP contribution in [0.1, 0.15) is 346 Å². The smallest absolute Gasteiger partial charge is 0.121 e. The first-order valence-electron chi connectivity index (χ1n) is 29.1. The number of rotatable bonds is 51. The average molecular weight is 852 g/mol. The van der Waals surface area contributed by atoms with Crippen molar-refractivity contribution in [2.45, 2.75) is 348 Å². The van der Waals surface area contributed by atoms with Gasteiger partial charge in [0.05, 0.1) is 0 Å². The number of unbranched alkanes of at least 4 members (excludes halogenated alkanes) is 45. The lowest BCUT2D eigenvalue weighted by molar-refractivity contribution is 0.456. The number of hydrogen-bond acceptors (Lipinski definition) is 1. The van der Waals surface area contributed by atoms with E-state index in [1.165, 1.54) is 331 Å². The molecule has 0 aliphatic carbocycles. The molecule has 1 aromatic carbocycles. The molecule has 61 heavy (non-hydrogen) atoms. The molecule has 0 radical (unpaired) electrons. The van der Waals surface area contributed by atoms with Crippen LogP contribution in [-0.2, 0) is 19.3 Å². The Labute approximate surface area is 386 Å². The van der Waals surface area contributed by atoms with Crippen LogP contribution in [0.25, 0.3) is 0 Å². The van der Waals surface area contributed by atoms with Crippen LogP contribution in [0.15, 0.2) is 12.1 Å². The first kappa shape index (κ1) is 58.0. The van der Waals surface area contributed by atoms with Crippen LogP contribution in [0.3, 0.4) is 0 Å². The van der Waals surface area contributed by atoms with Gasteiger partial charge in [-0.3, -0.25) is 0 Å². The molecule has 1 rings (SSSR count). The van der Waals surface area contributed by atoms with Gasteiger partial charge in [-0.2, -0.15) is 0 Å². The summed E-state index contributed by atoms with van der Waals surface area (Å²) in [7, 11) is 0. The summed E-state index contributed by atoms with van der Waals surface area (Å²) < 4.78 is 0. The van der Waals surface area contributed by atoms with E-state index in [4.69, 9.17) is 0 Å². The van der Waals surface area contributed by atoms with Gasteiger partial charge in [-0.15, -0.1) is 0 Å². The second kappa shape index (κ2) is 48.5. The lowest BCUT2D eigenvalue weighted by Crippen LogP contribution is -1.98. The predicted octanol–water partition coefficient (Wildman–Crippen LogP) is 21.8. The summed E-state index contributed by atoms with van der Waals surface area (Å²) in [6.45, 7) is 6.93. The Bertz CT molecular complexity index is 923. The fourth-order valence-corrected chi connectivity index (χ4v) is 9.96. The van der Waals surface area contributed by atoms with Crippen molar-refractivity contribution < 1.29 is 5.11 Å². The van der Waals surface area contributed by atoms with E-state index >= 15 is 0 Å². The second-order valence-corrected chi connectivity index (χ2v) is 20.4. The van der Waals surface area contributed by atoms with E-state index in [1.807, 2.05) is 0 Å². The number of phenolic OH excluding ortho intramolecular Hbond substituents is 1. The van der Waals surface area contributed by atoms with Crippen LogP contribution < -0.4 is 0 Å². The fourth-order valence-electron chi connectivity index (χ4n) is 9.96. The van der Waals surface area contributed by atoms with Gasteiger partial charge in [0, 0.05) is 0 Å². The van der Waals surface area contributed by atoms with Crippen molar-refractivity contribution in [2.75, 3.05) is 0 Å². The third-order valence-corrected chi connectivity index (χ3v) is 14.2. The normalized spacial score (nSPS) is 11.7. The third kappa shape index (κ3) is 40.3. The van der Waals surface area contributed by atoms with Crippen molar-refractivity contribution in [2.24, 2.45) is 0 Å². The van der Waals surface area contributed by atoms with Gasteiger partial charge in [-0.05, 0) is 55.2 Å². The van der Waals surface area contributed by atoms with Crippen LogP contribution in [-0.4, -0.2) is 5.11 Å². The first-order chi connectivity index (χ1) is 30.2. The molecule has 0 saturated heterocycles. The molecule has 0 saturated carbocycles. The van der Waals surface area contributed by atoms with E-state index in [0.717, 1.165) is 12.8 Å². The third-order valence-electron chi connectivity index (χ3n) is 14.2. The molecular weight excluding hydrogens is 737 g/mol. The molecule has 0 atom stereocenters. The number of phenols is 1. The van der Waals surface area contributed by atoms with E-state index in [-0.39, 0.29) is 0 Å². The largest absolute Gasteiger partial charge is 0.507 e. The Morgan fingerprint density at radius 3 is 0.590 bits per heavy atom. The summed E-state index contributed by atoms with van der Waals surface area (Å²) in [6.07, 6.45) is 71.3. The van der Waals surface area contributed by atoms with Crippen molar-refractivity contribution in [3.63, 3.8) is 0 Å². The molecule has 0 amide bonds. The summed E-state index contributed by atoms with van der Waals surface area (Å²) in [5.74, 6) is 0.651. The van der Waals surface area contributed by atoms with Gasteiger partial charge in [-0.25, -0.2) is 0 Å². The quantitative estimate of drug-likeness (QED) is 0.0648. The van der Waals surface area contributed by atoms with Crippen molar-refractivity contribution in [3.8, 4) is 5.75 Å². The highest BCUT2D eigenvalue weighted by Gasteiger charge is 2.11. The first-order valence-corrected chi connectivity index (χ1v) is 29.1. The van der Waals surface area contributed by atoms with Crippen LogP contribution in [0.5, 0.6) is 5.75 Å². The Balaban J connectivity index is 2.33. The molecule has 0 bridgehead atoms. The molecule has 0 fully saturated rings. The van der Waals surface area contributed by atoms with Gasteiger partial charge in [0.2, 0.25) is 0 Å². The van der Waals surface area contributed by atoms with Crippen LogP contribution in [0, 0.1) is 0 Å². The maximum absolute atomic E-state index is 11.5. The summed E-state index contributed by atoms with van der Waals surface area (Å²) in [4.78, 5) is 0. The minimum absolute atomic E-state index is 0.651. The standard InChI is InChI=1S/C60H114O/c1-4-7-10-13-16-19-22-25-28-31-34-37-40-43-46-49-52-57-55-58(53-50-47-44-41-38-35-32-29-26-23-20-17-14-11-8-5-2)60(61)59(56-57)54-51-48-45-42-39-36-33-30-27-24-21-18-15-12-9-6-3/h55-56,61H,4-54H2,1-3H3. The minimum atomic E-state index is 0.651. The molecule has 0 aliphatic rings. The predicted molar refractivity (Wildman–Crippen MR) is 278 cm³/mol. The topological polar surface area (TPSA) is 20.2 Å². The van der Waals surface area contributed by atoms with Crippen molar-refractivity contribution in [1.82, 2.24) is 0 Å². The van der Waals surface area contributed by atoms with Gasteiger partial charge >= 0.3 is 0 Å². The maximum atomic E-state index is 11.5. The molecule has 1 aromatic rings. The Kier molecular flexibility index (Phi) is 46.1. The molecule has 360 valence electrons. The van der Waals surface area contributed by atoms with Crippen molar-refractivity contribution >= 4 is 0 Å². The molecule has 0 aromatic heterocycles. The Hall–Kier alpha value is -0.980. The van der Waals surface area contributed by atoms with Gasteiger partial charge in [0.25, 0.3) is 0 Å². The zero-order chi connectivity index (χ0) is 43.8. The van der Waals surface area contributed by atoms with Crippen LogP contribution in [0.2, 0.25) is 0 Å². The minimum Gasteiger partial charge on any atom is -0.507 e. The fraction of sp³-hybridized carbons (Fsp3) is 0.900. The molecule has 0 unspecified atom stereocenters. The SMILES string of the molecule is CCCCCCCCCCCCCCCCCCc1cc(CCCCCCCCCCCCCCCCCC)c(O)c(CCCCCCCCCCCCCCCCCC)c1. The molecule has 1 N–H and O–H groups in total. The molecule has 0 aliphatic heterocycles. The van der Waals surface area contributed by atoms with E-state index in [0.29, 0.717) is 5.75 Å². The molecule has 1 heteroatoms. The lowest BCUT2D eigenvalue weighted by atomic mass is 9.93. The number of aromatic hydroxyl groups is 1. The molecule has 1 nitrogen and oxygen atoms in total. The van der Waals surface area contributed by atoms with Gasteiger partial charge in [-0.1, -0.05) is 322 Å². The molecular formula is C60H114O. The highest BCUT2D eigenvalue weighted by Crippen LogP contribution is 2.30. The lowest BCUT2D eigenvalue weighted by Gasteiger charge is -2.14. The summed E-state index contributed by atoms with van der Waals surface area (Å²) in [5.41, 5.74) is 4.01. The van der Waals surface area contributed by atoms with Crippen molar-refractivity contribution in [1.29, 1.82) is 0 Å². The van der Waals surface area contributed by atoms with Gasteiger partial charge < -0.3 is 5.11 Å². The second-order valence-electron chi connectivity index (χ2n) is 20.4. The Morgan fingerprint density at radius 2 is 0.393 bits per heavy atom. The molecule has 0 heterocycles. The van der Waals surface area contributed by atoms with Crippen molar-refractivity contribution in [3.05, 3.63) is 28.8 Å². The van der Waals surface area contributed by atoms with Crippen LogP contribution >= 0.6 is 0 Å². The average Bonchev–Trinajstić information content (AvgIpc) is 3.27. The summed E-state index contributed by atoms with van der Waals surface area (Å²) >= 11 is 0. The number of benzene rings is 1. The zero-order valence-corrected chi connectivity index (χ0v) is 42.7. The van der Waals surface area contributed by atoms with E-state index in [9.17, 15) is 5.11 Å². The van der Waals surface area contributed by atoms with E-state index < -0.39 is 0 Å². The van der Waals surface area contributed by atoms with Gasteiger partial charge in [0.1, 0.15) is 5.75 Å². The highest BCUT2D eigenvalue weighted by atomic mass is 16.3. The van der Waals surface area contributed by atoms with Crippen LogP contribution in [0.4, 0.5) is 0 Å². The Morgan fingerprint density at radius 1 is 0.230 bits per heavy atom. The van der Waals surface area contributed by atoms with E-state index in [1.54, 1.807) is 0 Å². The highest BCUT2D eigenvalue weighted by molar-refractivity contribution is 5.44.